The van der Waals surface area contributed by atoms with Gasteiger partial charge in [-0.3, -0.25) is 0 Å². The minimum absolute atomic E-state index is 0. The van der Waals surface area contributed by atoms with Crippen molar-refractivity contribution in [2.24, 2.45) is 5.73 Å². The van der Waals surface area contributed by atoms with Gasteiger partial charge in [-0.25, -0.2) is 0 Å². The highest BCUT2D eigenvalue weighted by molar-refractivity contribution is 3.54. The minimum atomic E-state index is 0. The quantitative estimate of drug-likeness (QED) is 0.444. The summed E-state index contributed by atoms with van der Waals surface area (Å²) in [4.78, 5) is 0. The molecule has 0 amide bonds. The lowest BCUT2D eigenvalue weighted by Gasteiger charge is -1.19. The number of rotatable bonds is 0. The fourth-order valence-corrected chi connectivity index (χ4v) is 0. The van der Waals surface area contributed by atoms with Gasteiger partial charge in [-0.05, 0) is 7.05 Å². The average Bonchev–Trinajstić information content (AvgIpc) is 1.50. The van der Waals surface area contributed by atoms with E-state index in [1.807, 2.05) is 13.8 Å². The molecule has 2 N–H and O–H groups in total. The van der Waals surface area contributed by atoms with E-state index in [1.165, 1.54) is 7.05 Å². The zero-order valence-electron chi connectivity index (χ0n) is 3.58. The summed E-state index contributed by atoms with van der Waals surface area (Å²) in [7, 11) is 1.50. The van der Waals surface area contributed by atoms with Crippen molar-refractivity contribution in [2.45, 2.75) is 13.8 Å². The van der Waals surface area contributed by atoms with Gasteiger partial charge in [0.2, 0.25) is 0 Å². The van der Waals surface area contributed by atoms with E-state index in [2.05, 4.69) is 5.73 Å². The third-order valence-electron chi connectivity index (χ3n) is 0. The summed E-state index contributed by atoms with van der Waals surface area (Å²) in [6, 6.07) is 0. The van der Waals surface area contributed by atoms with Crippen molar-refractivity contribution < 1.29 is 1.43 Å². The SMILES string of the molecule is CC.CN.[2HH]. The van der Waals surface area contributed by atoms with Crippen LogP contribution in [-0.4, -0.2) is 7.05 Å². The molecule has 30 valence electrons. The zero-order chi connectivity index (χ0) is 4.00. The highest BCUT2D eigenvalue weighted by Crippen LogP contribution is 1.14. The summed E-state index contributed by atoms with van der Waals surface area (Å²) in [5.74, 6) is 0. The molecule has 0 rings (SSSR count). The van der Waals surface area contributed by atoms with E-state index in [4.69, 9.17) is 0 Å². The topological polar surface area (TPSA) is 26.0 Å². The maximum Gasteiger partial charge on any atom is 0 e. The molecule has 0 fully saturated rings. The Morgan fingerprint density at radius 3 is 1.25 bits per heavy atom. The molecule has 0 aromatic heterocycles. The van der Waals surface area contributed by atoms with Crippen LogP contribution >= 0.6 is 0 Å². The molecular formula is C3H13N. The second-order valence-electron chi connectivity index (χ2n) is 0. The standard InChI is InChI=1S/C2H6.CH5N.H2/c2*1-2;/h1-2H3;2H2,1H3;1H/i;;1+1. The third kappa shape index (κ3) is 1130. The van der Waals surface area contributed by atoms with Gasteiger partial charge >= 0.3 is 0 Å². The van der Waals surface area contributed by atoms with Crippen molar-refractivity contribution in [2.75, 3.05) is 7.05 Å². The minimum Gasteiger partial charge on any atom is -0.333 e. The van der Waals surface area contributed by atoms with E-state index in [0.717, 1.165) is 0 Å². The second kappa shape index (κ2) is 7110. The molecule has 0 radical (unpaired) electrons. The van der Waals surface area contributed by atoms with Gasteiger partial charge in [-0.15, -0.1) is 0 Å². The van der Waals surface area contributed by atoms with Crippen LogP contribution in [0.1, 0.15) is 15.3 Å². The lowest BCUT2D eigenvalue weighted by Crippen LogP contribution is -1.69. The van der Waals surface area contributed by atoms with Gasteiger partial charge in [0.25, 0.3) is 0 Å². The highest BCUT2D eigenvalue weighted by atomic mass is 14.4. The molecule has 1 heteroatoms. The van der Waals surface area contributed by atoms with Gasteiger partial charge in [0.1, 0.15) is 0 Å². The van der Waals surface area contributed by atoms with E-state index in [0.29, 0.717) is 0 Å². The molecule has 0 unspecified atom stereocenters. The van der Waals surface area contributed by atoms with Crippen LogP contribution in [0.2, 0.25) is 0 Å². The first-order valence-corrected chi connectivity index (χ1v) is 1.58. The van der Waals surface area contributed by atoms with Crippen LogP contribution in [0.3, 0.4) is 0 Å². The van der Waals surface area contributed by atoms with Crippen LogP contribution in [-0.2, 0) is 0 Å². The molecule has 0 spiro atoms. The van der Waals surface area contributed by atoms with E-state index in [-0.39, 0.29) is 1.43 Å². The number of hydrogen-bond acceptors (Lipinski definition) is 1. The van der Waals surface area contributed by atoms with Gasteiger partial charge in [-0.2, -0.15) is 0 Å². The second-order valence-corrected chi connectivity index (χ2v) is 0. The van der Waals surface area contributed by atoms with Gasteiger partial charge < -0.3 is 5.73 Å². The third-order valence-corrected chi connectivity index (χ3v) is 0. The fraction of sp³-hybridized carbons (Fsp3) is 1.00. The lowest BCUT2D eigenvalue weighted by molar-refractivity contribution is 1.48. The van der Waals surface area contributed by atoms with Crippen molar-refractivity contribution in [1.29, 1.82) is 0 Å². The summed E-state index contributed by atoms with van der Waals surface area (Å²) >= 11 is 0. The normalized spacial score (nSPS) is 3.00. The molecule has 0 saturated carbocycles. The predicted octanol–water partition coefficient (Wildman–Crippen LogP) is 0.847. The molecule has 0 aromatic rings. The Kier molecular flexibility index (Phi) is 16000. The smallest absolute Gasteiger partial charge is 0 e. The molecule has 0 aliphatic carbocycles. The molecule has 0 aliphatic heterocycles. The van der Waals surface area contributed by atoms with Gasteiger partial charge in [-0.1, -0.05) is 13.8 Å². The molecule has 0 aliphatic rings. The van der Waals surface area contributed by atoms with Crippen LogP contribution < -0.4 is 5.73 Å². The molecule has 0 bridgehead atoms. The van der Waals surface area contributed by atoms with Gasteiger partial charge in [0, 0.05) is 1.43 Å². The Morgan fingerprint density at radius 1 is 1.25 bits per heavy atom. The van der Waals surface area contributed by atoms with Crippen molar-refractivity contribution in [3.63, 3.8) is 0 Å². The van der Waals surface area contributed by atoms with Crippen LogP contribution in [0.4, 0.5) is 0 Å². The van der Waals surface area contributed by atoms with Crippen LogP contribution in [0.5, 0.6) is 0 Å². The van der Waals surface area contributed by atoms with E-state index in [9.17, 15) is 0 Å². The maximum atomic E-state index is 4.50. The maximum absolute atomic E-state index is 4.50. The van der Waals surface area contributed by atoms with Gasteiger partial charge in [0.15, 0.2) is 0 Å². The molecule has 0 atom stereocenters. The Labute approximate surface area is 29.3 Å². The first-order chi connectivity index (χ1) is 2.00. The Bertz CT molecular complexity index is 6.85. The Balaban J connectivity index is -0.0000000133. The van der Waals surface area contributed by atoms with Crippen molar-refractivity contribution >= 4 is 0 Å². The van der Waals surface area contributed by atoms with Crippen molar-refractivity contribution in [3.05, 3.63) is 0 Å². The molecule has 1 nitrogen and oxygen atoms in total. The summed E-state index contributed by atoms with van der Waals surface area (Å²) in [6.45, 7) is 4.00. The zero-order valence-corrected chi connectivity index (χ0v) is 3.58. The van der Waals surface area contributed by atoms with E-state index in [1.54, 1.807) is 0 Å². The van der Waals surface area contributed by atoms with E-state index < -0.39 is 0 Å². The van der Waals surface area contributed by atoms with Gasteiger partial charge in [0.05, 0.1) is 0 Å². The molecular weight excluding hydrogens is 50.0 g/mol. The molecule has 0 aromatic carbocycles. The summed E-state index contributed by atoms with van der Waals surface area (Å²) in [5, 5.41) is 0. The first-order valence-electron chi connectivity index (χ1n) is 1.58. The van der Waals surface area contributed by atoms with Crippen LogP contribution in [0.25, 0.3) is 0 Å². The first kappa shape index (κ1) is 9.03. The summed E-state index contributed by atoms with van der Waals surface area (Å²) < 4.78 is 0. The molecule has 0 heterocycles. The summed E-state index contributed by atoms with van der Waals surface area (Å²) in [6.07, 6.45) is 0. The highest BCUT2D eigenvalue weighted by Gasteiger charge is 0.932. The fourth-order valence-electron chi connectivity index (χ4n) is 0. The van der Waals surface area contributed by atoms with Crippen LogP contribution in [0.15, 0.2) is 0 Å². The lowest BCUT2D eigenvalue weighted by atomic mass is 11.0. The average molecular weight is 64.2 g/mol. The Morgan fingerprint density at radius 2 is 1.25 bits per heavy atom. The van der Waals surface area contributed by atoms with Crippen molar-refractivity contribution in [1.82, 2.24) is 0 Å². The predicted molar refractivity (Wildman–Crippen MR) is 23.6 cm³/mol. The molecule has 0 saturated heterocycles. The summed E-state index contributed by atoms with van der Waals surface area (Å²) in [5.41, 5.74) is 4.50. The number of hydrogen-bond donors (Lipinski definition) is 1. The number of nitrogens with two attached hydrogens (primary N) is 1. The largest absolute Gasteiger partial charge is 0.333 e. The van der Waals surface area contributed by atoms with Crippen molar-refractivity contribution in [3.8, 4) is 0 Å². The monoisotopic (exact) mass is 64.1 g/mol. The van der Waals surface area contributed by atoms with E-state index >= 15 is 0 Å². The van der Waals surface area contributed by atoms with Crippen LogP contribution in [0, 0.1) is 0 Å². The molecule has 4 heavy (non-hydrogen) atoms. The Hall–Kier alpha value is -0.0400.